The fraction of sp³-hybridized carbons (Fsp3) is 0.857. The van der Waals surface area contributed by atoms with Gasteiger partial charge in [-0.2, -0.15) is 4.98 Å². The van der Waals surface area contributed by atoms with Gasteiger partial charge in [0, 0.05) is 26.7 Å². The SMILES string of the molecule is CCCNC(COC)Cc1nc(C(C)(CC)OC)no1. The number of aromatic nitrogens is 2. The van der Waals surface area contributed by atoms with Gasteiger partial charge < -0.3 is 19.3 Å². The Morgan fingerprint density at radius 2 is 2.10 bits per heavy atom. The molecule has 0 aromatic carbocycles. The smallest absolute Gasteiger partial charge is 0.228 e. The first-order valence-corrected chi connectivity index (χ1v) is 7.20. The highest BCUT2D eigenvalue weighted by Crippen LogP contribution is 2.25. The molecule has 0 aliphatic carbocycles. The molecule has 1 aromatic rings. The lowest BCUT2D eigenvalue weighted by atomic mass is 10.0. The molecular formula is C14H27N3O3. The van der Waals surface area contributed by atoms with E-state index in [-0.39, 0.29) is 6.04 Å². The van der Waals surface area contributed by atoms with Crippen molar-refractivity contribution in [2.75, 3.05) is 27.4 Å². The molecule has 0 aliphatic heterocycles. The van der Waals surface area contributed by atoms with Crippen LogP contribution in [0.4, 0.5) is 0 Å². The minimum absolute atomic E-state index is 0.184. The third-order valence-electron chi connectivity index (χ3n) is 3.54. The van der Waals surface area contributed by atoms with Crippen molar-refractivity contribution in [1.82, 2.24) is 15.5 Å². The Kier molecular flexibility index (Phi) is 7.12. The molecule has 0 spiro atoms. The Morgan fingerprint density at radius 1 is 1.35 bits per heavy atom. The third-order valence-corrected chi connectivity index (χ3v) is 3.54. The molecule has 0 radical (unpaired) electrons. The Balaban J connectivity index is 2.70. The van der Waals surface area contributed by atoms with Crippen LogP contribution < -0.4 is 5.32 Å². The van der Waals surface area contributed by atoms with Crippen molar-refractivity contribution in [3.05, 3.63) is 11.7 Å². The van der Waals surface area contributed by atoms with E-state index < -0.39 is 5.60 Å². The normalized spacial score (nSPS) is 16.1. The Hall–Kier alpha value is -0.980. The summed E-state index contributed by atoms with van der Waals surface area (Å²) in [5.41, 5.74) is -0.491. The maximum absolute atomic E-state index is 5.48. The molecule has 0 saturated carbocycles. The van der Waals surface area contributed by atoms with Crippen LogP contribution in [0.5, 0.6) is 0 Å². The van der Waals surface area contributed by atoms with Crippen molar-refractivity contribution in [3.8, 4) is 0 Å². The topological polar surface area (TPSA) is 69.4 Å². The van der Waals surface area contributed by atoms with Crippen LogP contribution in [0.1, 0.15) is 45.3 Å². The quantitative estimate of drug-likeness (QED) is 0.708. The molecule has 0 saturated heterocycles. The summed E-state index contributed by atoms with van der Waals surface area (Å²) in [6.07, 6.45) is 2.52. The second-order valence-corrected chi connectivity index (χ2v) is 5.11. The predicted molar refractivity (Wildman–Crippen MR) is 76.6 cm³/mol. The van der Waals surface area contributed by atoms with Crippen LogP contribution in [0.15, 0.2) is 4.52 Å². The number of ether oxygens (including phenoxy) is 2. The van der Waals surface area contributed by atoms with Crippen molar-refractivity contribution in [2.24, 2.45) is 0 Å². The lowest BCUT2D eigenvalue weighted by Gasteiger charge is -2.21. The maximum Gasteiger partial charge on any atom is 0.228 e. The molecule has 20 heavy (non-hydrogen) atoms. The highest BCUT2D eigenvalue weighted by Gasteiger charge is 2.30. The molecule has 0 amide bonds. The van der Waals surface area contributed by atoms with E-state index in [9.17, 15) is 0 Å². The van der Waals surface area contributed by atoms with Crippen LogP contribution in [0.3, 0.4) is 0 Å². The van der Waals surface area contributed by atoms with Gasteiger partial charge in [-0.1, -0.05) is 19.0 Å². The minimum atomic E-state index is -0.491. The van der Waals surface area contributed by atoms with Crippen molar-refractivity contribution in [1.29, 1.82) is 0 Å². The number of hydrogen-bond donors (Lipinski definition) is 1. The molecule has 1 aromatic heterocycles. The molecule has 1 heterocycles. The van der Waals surface area contributed by atoms with E-state index in [0.717, 1.165) is 19.4 Å². The van der Waals surface area contributed by atoms with E-state index in [4.69, 9.17) is 14.0 Å². The number of nitrogens with one attached hydrogen (secondary N) is 1. The van der Waals surface area contributed by atoms with Gasteiger partial charge in [-0.3, -0.25) is 0 Å². The second kappa shape index (κ2) is 8.34. The molecule has 6 heteroatoms. The van der Waals surface area contributed by atoms with Gasteiger partial charge in [0.15, 0.2) is 0 Å². The molecule has 2 unspecified atom stereocenters. The predicted octanol–water partition coefficient (Wildman–Crippen LogP) is 1.90. The molecule has 0 fully saturated rings. The molecule has 0 bridgehead atoms. The van der Waals surface area contributed by atoms with Gasteiger partial charge >= 0.3 is 0 Å². The summed E-state index contributed by atoms with van der Waals surface area (Å²) in [7, 11) is 3.36. The molecule has 6 nitrogen and oxygen atoms in total. The summed E-state index contributed by atoms with van der Waals surface area (Å²) in [5, 5.41) is 7.45. The van der Waals surface area contributed by atoms with E-state index in [1.54, 1.807) is 14.2 Å². The Bertz CT molecular complexity index is 377. The second-order valence-electron chi connectivity index (χ2n) is 5.11. The van der Waals surface area contributed by atoms with Gasteiger partial charge in [0.25, 0.3) is 0 Å². The van der Waals surface area contributed by atoms with E-state index in [2.05, 4.69) is 22.4 Å². The first kappa shape index (κ1) is 17.1. The summed E-state index contributed by atoms with van der Waals surface area (Å²) >= 11 is 0. The average Bonchev–Trinajstić information content (AvgIpc) is 2.93. The van der Waals surface area contributed by atoms with Crippen molar-refractivity contribution in [2.45, 2.75) is 51.7 Å². The van der Waals surface area contributed by atoms with Crippen LogP contribution in [-0.4, -0.2) is 43.6 Å². The summed E-state index contributed by atoms with van der Waals surface area (Å²) in [5.74, 6) is 1.21. The van der Waals surface area contributed by atoms with E-state index in [1.165, 1.54) is 0 Å². The van der Waals surface area contributed by atoms with Crippen LogP contribution in [0.25, 0.3) is 0 Å². The standard InChI is InChI=1S/C14H27N3O3/c1-6-8-15-11(10-18-4)9-12-16-13(17-20-12)14(3,7-2)19-5/h11,15H,6-10H2,1-5H3. The number of nitrogens with zero attached hydrogens (tertiary/aromatic N) is 2. The van der Waals surface area contributed by atoms with Gasteiger partial charge in [-0.25, -0.2) is 0 Å². The molecule has 1 rings (SSSR count). The third kappa shape index (κ3) is 4.54. The van der Waals surface area contributed by atoms with E-state index in [0.29, 0.717) is 24.7 Å². The van der Waals surface area contributed by atoms with Crippen LogP contribution in [0, 0.1) is 0 Å². The Labute approximate surface area is 121 Å². The average molecular weight is 285 g/mol. The van der Waals surface area contributed by atoms with Crippen molar-refractivity contribution < 1.29 is 14.0 Å². The highest BCUT2D eigenvalue weighted by molar-refractivity contribution is 5.00. The number of methoxy groups -OCH3 is 2. The van der Waals surface area contributed by atoms with Crippen LogP contribution in [-0.2, 0) is 21.5 Å². The zero-order valence-corrected chi connectivity index (χ0v) is 13.2. The van der Waals surface area contributed by atoms with E-state index in [1.807, 2.05) is 13.8 Å². The summed E-state index contributed by atoms with van der Waals surface area (Å²) < 4.78 is 16.0. The largest absolute Gasteiger partial charge is 0.383 e. The van der Waals surface area contributed by atoms with E-state index >= 15 is 0 Å². The number of rotatable bonds is 10. The Morgan fingerprint density at radius 3 is 2.65 bits per heavy atom. The van der Waals surface area contributed by atoms with Crippen LogP contribution >= 0.6 is 0 Å². The highest BCUT2D eigenvalue weighted by atomic mass is 16.5. The van der Waals surface area contributed by atoms with Crippen molar-refractivity contribution >= 4 is 0 Å². The first-order valence-electron chi connectivity index (χ1n) is 7.20. The van der Waals surface area contributed by atoms with Gasteiger partial charge in [0.2, 0.25) is 11.7 Å². The van der Waals surface area contributed by atoms with Gasteiger partial charge in [-0.15, -0.1) is 0 Å². The number of hydrogen-bond acceptors (Lipinski definition) is 6. The minimum Gasteiger partial charge on any atom is -0.383 e. The maximum atomic E-state index is 5.48. The van der Waals surface area contributed by atoms with Crippen LogP contribution in [0.2, 0.25) is 0 Å². The zero-order valence-electron chi connectivity index (χ0n) is 13.2. The fourth-order valence-electron chi connectivity index (χ4n) is 1.90. The molecule has 2 atom stereocenters. The summed E-state index contributed by atoms with van der Waals surface area (Å²) in [6.45, 7) is 7.69. The summed E-state index contributed by atoms with van der Waals surface area (Å²) in [6, 6.07) is 0.184. The first-order chi connectivity index (χ1) is 9.59. The molecule has 116 valence electrons. The fourth-order valence-corrected chi connectivity index (χ4v) is 1.90. The molecule has 0 aliphatic rings. The monoisotopic (exact) mass is 285 g/mol. The molecule has 1 N–H and O–H groups in total. The zero-order chi connectivity index (χ0) is 15.0. The lowest BCUT2D eigenvalue weighted by Crippen LogP contribution is -2.35. The lowest BCUT2D eigenvalue weighted by molar-refractivity contribution is -0.0106. The van der Waals surface area contributed by atoms with Gasteiger partial charge in [0.05, 0.1) is 6.61 Å². The van der Waals surface area contributed by atoms with Crippen molar-refractivity contribution in [3.63, 3.8) is 0 Å². The molecular weight excluding hydrogens is 258 g/mol. The van der Waals surface area contributed by atoms with Gasteiger partial charge in [0.1, 0.15) is 5.60 Å². The summed E-state index contributed by atoms with van der Waals surface area (Å²) in [4.78, 5) is 4.46. The van der Waals surface area contributed by atoms with Gasteiger partial charge in [-0.05, 0) is 26.3 Å².